The van der Waals surface area contributed by atoms with Crippen molar-refractivity contribution in [2.75, 3.05) is 12.9 Å². The van der Waals surface area contributed by atoms with Crippen LogP contribution in [0.15, 0.2) is 64.2 Å². The maximum absolute atomic E-state index is 12.4. The molecule has 0 radical (unpaired) electrons. The van der Waals surface area contributed by atoms with Crippen LogP contribution in [-0.4, -0.2) is 23.0 Å². The smallest absolute Gasteiger partial charge is 0.305 e. The SMILES string of the molecule is CCOC(=O)CCC(Oc1cc(OCc2ccsc2)ccc1S(C)=O)c1ccccc1C. The van der Waals surface area contributed by atoms with E-state index in [4.69, 9.17) is 14.2 Å². The van der Waals surface area contributed by atoms with Crippen LogP contribution in [0.25, 0.3) is 0 Å². The number of hydrogen-bond acceptors (Lipinski definition) is 6. The van der Waals surface area contributed by atoms with E-state index in [2.05, 4.69) is 0 Å². The van der Waals surface area contributed by atoms with Crippen molar-refractivity contribution in [3.05, 3.63) is 76.0 Å². The second-order valence-electron chi connectivity index (χ2n) is 7.29. The zero-order chi connectivity index (χ0) is 22.9. The molecule has 2 unspecified atom stereocenters. The third-order valence-electron chi connectivity index (χ3n) is 4.93. The highest BCUT2D eigenvalue weighted by molar-refractivity contribution is 7.84. The van der Waals surface area contributed by atoms with Crippen molar-refractivity contribution in [2.24, 2.45) is 0 Å². The largest absolute Gasteiger partial charge is 0.489 e. The fourth-order valence-electron chi connectivity index (χ4n) is 3.31. The van der Waals surface area contributed by atoms with E-state index in [1.807, 2.05) is 48.0 Å². The minimum atomic E-state index is -1.25. The van der Waals surface area contributed by atoms with Crippen LogP contribution in [0.2, 0.25) is 0 Å². The third kappa shape index (κ3) is 6.68. The van der Waals surface area contributed by atoms with Gasteiger partial charge in [0.25, 0.3) is 0 Å². The van der Waals surface area contributed by atoms with Crippen molar-refractivity contribution in [1.82, 2.24) is 0 Å². The topological polar surface area (TPSA) is 61.8 Å². The number of aryl methyl sites for hydroxylation is 1. The molecular weight excluding hydrogens is 444 g/mol. The van der Waals surface area contributed by atoms with Crippen LogP contribution < -0.4 is 9.47 Å². The molecule has 0 N–H and O–H groups in total. The van der Waals surface area contributed by atoms with Crippen molar-refractivity contribution < 1.29 is 23.2 Å². The Morgan fingerprint density at radius 3 is 2.66 bits per heavy atom. The van der Waals surface area contributed by atoms with E-state index >= 15 is 0 Å². The number of thiophene rings is 1. The van der Waals surface area contributed by atoms with Gasteiger partial charge in [0.05, 0.1) is 22.3 Å². The summed E-state index contributed by atoms with van der Waals surface area (Å²) in [5.41, 5.74) is 3.13. The van der Waals surface area contributed by atoms with Crippen molar-refractivity contribution in [1.29, 1.82) is 0 Å². The van der Waals surface area contributed by atoms with Crippen molar-refractivity contribution in [3.63, 3.8) is 0 Å². The lowest BCUT2D eigenvalue weighted by Gasteiger charge is -2.23. The lowest BCUT2D eigenvalue weighted by Crippen LogP contribution is -2.14. The number of hydrogen-bond donors (Lipinski definition) is 0. The molecule has 0 saturated carbocycles. The molecule has 0 amide bonds. The number of carbonyl (C=O) groups excluding carboxylic acids is 1. The first-order valence-corrected chi connectivity index (χ1v) is 13.0. The molecule has 1 aromatic heterocycles. The van der Waals surface area contributed by atoms with Gasteiger partial charge in [-0.2, -0.15) is 11.3 Å². The monoisotopic (exact) mass is 472 g/mol. The molecule has 32 heavy (non-hydrogen) atoms. The number of esters is 1. The zero-order valence-electron chi connectivity index (χ0n) is 18.5. The van der Waals surface area contributed by atoms with E-state index in [0.717, 1.165) is 16.7 Å². The van der Waals surface area contributed by atoms with Crippen LogP contribution in [0.3, 0.4) is 0 Å². The molecule has 1 heterocycles. The molecule has 7 heteroatoms. The molecule has 0 fully saturated rings. The Bertz CT molecular complexity index is 1050. The van der Waals surface area contributed by atoms with Gasteiger partial charge in [0, 0.05) is 18.7 Å². The molecule has 0 saturated heterocycles. The molecule has 3 aromatic rings. The van der Waals surface area contributed by atoms with Gasteiger partial charge in [-0.05, 0) is 65.9 Å². The average molecular weight is 473 g/mol. The molecule has 0 spiro atoms. The Hall–Kier alpha value is -2.64. The van der Waals surface area contributed by atoms with Crippen LogP contribution in [0.4, 0.5) is 0 Å². The summed E-state index contributed by atoms with van der Waals surface area (Å²) in [7, 11) is -1.25. The lowest BCUT2D eigenvalue weighted by atomic mass is 10.00. The Morgan fingerprint density at radius 1 is 1.16 bits per heavy atom. The highest BCUT2D eigenvalue weighted by Gasteiger charge is 2.21. The van der Waals surface area contributed by atoms with E-state index in [0.29, 0.717) is 36.0 Å². The summed E-state index contributed by atoms with van der Waals surface area (Å²) in [6.07, 6.45) is 1.90. The second-order valence-corrected chi connectivity index (χ2v) is 9.42. The van der Waals surface area contributed by atoms with E-state index in [1.54, 1.807) is 42.7 Å². The molecule has 0 bridgehead atoms. The fourth-order valence-corrected chi connectivity index (χ4v) is 4.61. The second kappa shape index (κ2) is 11.8. The first-order chi connectivity index (χ1) is 15.5. The highest BCUT2D eigenvalue weighted by atomic mass is 32.2. The Balaban J connectivity index is 1.86. The predicted molar refractivity (Wildman–Crippen MR) is 128 cm³/mol. The molecular formula is C25H28O5S2. The summed E-state index contributed by atoms with van der Waals surface area (Å²) >= 11 is 1.62. The van der Waals surface area contributed by atoms with Gasteiger partial charge in [-0.25, -0.2) is 0 Å². The van der Waals surface area contributed by atoms with Crippen LogP contribution in [0, 0.1) is 6.92 Å². The molecule has 2 atom stereocenters. The molecule has 0 aliphatic carbocycles. The third-order valence-corrected chi connectivity index (χ3v) is 6.62. The first-order valence-electron chi connectivity index (χ1n) is 10.5. The van der Waals surface area contributed by atoms with Crippen LogP contribution in [0.1, 0.15) is 42.6 Å². The first kappa shape index (κ1) is 24.0. The quantitative estimate of drug-likeness (QED) is 0.328. The van der Waals surface area contributed by atoms with Crippen molar-refractivity contribution >= 4 is 28.1 Å². The number of carbonyl (C=O) groups is 1. The molecule has 0 aliphatic heterocycles. The van der Waals surface area contributed by atoms with Gasteiger partial charge in [0.1, 0.15) is 24.2 Å². The van der Waals surface area contributed by atoms with Gasteiger partial charge < -0.3 is 14.2 Å². The number of rotatable bonds is 11. The number of ether oxygens (including phenoxy) is 3. The van der Waals surface area contributed by atoms with Gasteiger partial charge in [0.15, 0.2) is 0 Å². The molecule has 5 nitrogen and oxygen atoms in total. The predicted octanol–water partition coefficient (Wildman–Crippen LogP) is 5.84. The van der Waals surface area contributed by atoms with Crippen LogP contribution >= 0.6 is 11.3 Å². The summed E-state index contributed by atoms with van der Waals surface area (Å²) in [6, 6.07) is 15.3. The van der Waals surface area contributed by atoms with E-state index in [9.17, 15) is 9.00 Å². The summed E-state index contributed by atoms with van der Waals surface area (Å²) in [5, 5.41) is 4.05. The lowest BCUT2D eigenvalue weighted by molar-refractivity contribution is -0.143. The molecule has 170 valence electrons. The maximum atomic E-state index is 12.4. The van der Waals surface area contributed by atoms with E-state index in [1.165, 1.54) is 0 Å². The van der Waals surface area contributed by atoms with E-state index < -0.39 is 16.9 Å². The van der Waals surface area contributed by atoms with Crippen molar-refractivity contribution in [2.45, 2.75) is 44.3 Å². The Kier molecular flexibility index (Phi) is 8.88. The van der Waals surface area contributed by atoms with Gasteiger partial charge in [0.2, 0.25) is 0 Å². The fraction of sp³-hybridized carbons (Fsp3) is 0.320. The highest BCUT2D eigenvalue weighted by Crippen LogP contribution is 2.34. The standard InChI is InChI=1S/C25H28O5S2/c1-4-28-25(26)12-10-22(21-8-6-5-7-18(21)2)30-23-15-20(9-11-24(23)32(3)27)29-16-19-13-14-31-17-19/h5-9,11,13-15,17,22H,4,10,12,16H2,1-3H3. The summed E-state index contributed by atoms with van der Waals surface area (Å²) in [4.78, 5) is 12.6. The molecule has 2 aromatic carbocycles. The average Bonchev–Trinajstić information content (AvgIpc) is 3.29. The normalized spacial score (nSPS) is 12.7. The van der Waals surface area contributed by atoms with Crippen molar-refractivity contribution in [3.8, 4) is 11.5 Å². The maximum Gasteiger partial charge on any atom is 0.305 e. The number of benzene rings is 2. The van der Waals surface area contributed by atoms with Crippen LogP contribution in [-0.2, 0) is 26.9 Å². The van der Waals surface area contributed by atoms with Gasteiger partial charge in [-0.1, -0.05) is 24.3 Å². The van der Waals surface area contributed by atoms with Gasteiger partial charge >= 0.3 is 5.97 Å². The Morgan fingerprint density at radius 2 is 1.97 bits per heavy atom. The van der Waals surface area contributed by atoms with Gasteiger partial charge in [-0.15, -0.1) is 0 Å². The zero-order valence-corrected chi connectivity index (χ0v) is 20.2. The molecule has 3 rings (SSSR count). The van der Waals surface area contributed by atoms with Crippen LogP contribution in [0.5, 0.6) is 11.5 Å². The van der Waals surface area contributed by atoms with E-state index in [-0.39, 0.29) is 12.4 Å². The summed E-state index contributed by atoms with van der Waals surface area (Å²) < 4.78 is 29.8. The minimum Gasteiger partial charge on any atom is -0.489 e. The summed E-state index contributed by atoms with van der Waals surface area (Å²) in [5.74, 6) is 0.863. The van der Waals surface area contributed by atoms with Gasteiger partial charge in [-0.3, -0.25) is 9.00 Å². The molecule has 0 aliphatic rings. The summed E-state index contributed by atoms with van der Waals surface area (Å²) in [6.45, 7) is 4.59. The Labute approximate surface area is 195 Å². The minimum absolute atomic E-state index is 0.228.